The van der Waals surface area contributed by atoms with Crippen molar-refractivity contribution in [3.63, 3.8) is 0 Å². The Morgan fingerprint density at radius 1 is 0.316 bits per heavy atom. The molecule has 0 N–H and O–H groups in total. The van der Waals surface area contributed by atoms with E-state index in [9.17, 15) is 0 Å². The molecule has 3 aliphatic heterocycles. The molecule has 0 aromatic heterocycles. The molecule has 4 atom stereocenters. The molecule has 1 aliphatic carbocycles. The van der Waals surface area contributed by atoms with Gasteiger partial charge < -0.3 is 66.3 Å². The van der Waals surface area contributed by atoms with Crippen LogP contribution in [-0.2, 0) is 28.4 Å². The lowest BCUT2D eigenvalue weighted by Gasteiger charge is -2.31. The highest BCUT2D eigenvalue weighted by atomic mass is 16.6. The second-order valence-corrected chi connectivity index (χ2v) is 18.1. The second-order valence-electron chi connectivity index (χ2n) is 18.1. The van der Waals surface area contributed by atoms with Crippen molar-refractivity contribution in [2.75, 3.05) is 134 Å². The van der Waals surface area contributed by atoms with Crippen LogP contribution < -0.4 is 37.9 Å². The Bertz CT molecular complexity index is 2370. The van der Waals surface area contributed by atoms with E-state index in [1.807, 2.05) is 24.3 Å². The van der Waals surface area contributed by atoms with Crippen LogP contribution in [0.5, 0.6) is 46.0 Å². The fourth-order valence-electron chi connectivity index (χ4n) is 10.1. The highest BCUT2D eigenvalue weighted by Gasteiger charge is 2.34. The van der Waals surface area contributed by atoms with Gasteiger partial charge in [0, 0.05) is 113 Å². The molecule has 17 nitrogen and oxygen atoms in total. The van der Waals surface area contributed by atoms with Crippen molar-refractivity contribution in [2.45, 2.75) is 97.8 Å². The Kier molecular flexibility index (Phi) is 30.2. The van der Waals surface area contributed by atoms with E-state index in [0.29, 0.717) is 152 Å². The summed E-state index contributed by atoms with van der Waals surface area (Å²) in [7, 11) is 6.88. The van der Waals surface area contributed by atoms with Crippen LogP contribution in [0, 0.1) is 34.0 Å². The third-order valence-corrected chi connectivity index (χ3v) is 13.5. The Hall–Kier alpha value is -6.49. The molecule has 4 aromatic rings. The summed E-state index contributed by atoms with van der Waals surface area (Å²) in [6.07, 6.45) is 2.89. The summed E-state index contributed by atoms with van der Waals surface area (Å²) in [5.74, 6) is 4.86. The number of methoxy groups -OCH3 is 4. The van der Waals surface area contributed by atoms with E-state index >= 15 is 0 Å². The van der Waals surface area contributed by atoms with Gasteiger partial charge in [-0.3, -0.25) is 0 Å². The number of nitrogens with zero attached hydrogens (tertiary/aromatic N) is 3. The van der Waals surface area contributed by atoms with Crippen molar-refractivity contribution >= 4 is 0 Å². The lowest BCUT2D eigenvalue weighted by atomic mass is 9.77. The topological polar surface area (TPSA) is 201 Å². The minimum Gasteiger partial charge on any atom is -0.496 e. The van der Waals surface area contributed by atoms with Crippen molar-refractivity contribution in [3.05, 3.63) is 93.0 Å². The van der Waals surface area contributed by atoms with Crippen LogP contribution in [0.3, 0.4) is 0 Å². The fraction of sp³-hybridized carbons (Fsp3) is 0.565. The Morgan fingerprint density at radius 3 is 0.633 bits per heavy atom. The number of hydrogen-bond donors (Lipinski definition) is 0. The number of fused-ring (bicyclic) bond motifs is 15. The van der Waals surface area contributed by atoms with Gasteiger partial charge in [-0.25, -0.2) is 0 Å². The van der Waals surface area contributed by atoms with E-state index < -0.39 is 0 Å². The number of rotatable bonds is 8. The second kappa shape index (κ2) is 36.6. The first-order valence-corrected chi connectivity index (χ1v) is 27.4. The van der Waals surface area contributed by atoms with E-state index in [1.165, 1.54) is 20.8 Å². The Morgan fingerprint density at radius 2 is 0.481 bits per heavy atom. The molecule has 0 spiro atoms. The minimum atomic E-state index is -0.196. The van der Waals surface area contributed by atoms with Gasteiger partial charge in [0.2, 0.25) is 0 Å². The molecule has 8 rings (SSSR count). The van der Waals surface area contributed by atoms with Crippen LogP contribution in [-0.4, -0.2) is 134 Å². The summed E-state index contributed by atoms with van der Waals surface area (Å²) in [6.45, 7) is 19.4. The first-order chi connectivity index (χ1) is 38.7. The Labute approximate surface area is 469 Å². The van der Waals surface area contributed by atoms with E-state index in [2.05, 4.69) is 52.0 Å². The van der Waals surface area contributed by atoms with Gasteiger partial charge in [0.1, 0.15) is 72.4 Å². The quantitative estimate of drug-likeness (QED) is 0.151. The predicted octanol–water partition coefficient (Wildman–Crippen LogP) is 11.4. The van der Waals surface area contributed by atoms with E-state index in [4.69, 9.17) is 82.1 Å². The van der Waals surface area contributed by atoms with Crippen molar-refractivity contribution in [1.29, 1.82) is 15.8 Å². The first kappa shape index (κ1) is 65.0. The SMILES string of the molecule is CC#N.CC#N.CC#N.CC[C@H]1c2cc3c(cc2OC)OCCOCCOCCOCCOc2cc(OC)c(cc21)[C@H](CC)c1cc2c(OC)cc1OCCOCCOCCOCCOc1cc(OC)c(cc1[C@H]2CC)[C@@H]3CC. The van der Waals surface area contributed by atoms with Crippen LogP contribution in [0.1, 0.15) is 142 Å². The number of ether oxygens (including phenoxy) is 14. The molecular weight excluding hydrogens is 1010 g/mol. The number of benzene rings is 4. The van der Waals surface area contributed by atoms with Gasteiger partial charge in [0.25, 0.3) is 0 Å². The van der Waals surface area contributed by atoms with Crippen molar-refractivity contribution in [1.82, 2.24) is 0 Å². The molecular formula is C62H85N3O14. The van der Waals surface area contributed by atoms with Crippen molar-refractivity contribution in [3.8, 4) is 64.2 Å². The summed E-state index contributed by atoms with van der Waals surface area (Å²) >= 11 is 0. The smallest absolute Gasteiger partial charge is 0.126 e. The molecule has 10 bridgehead atoms. The number of hydrogen-bond acceptors (Lipinski definition) is 17. The van der Waals surface area contributed by atoms with Crippen molar-refractivity contribution in [2.24, 2.45) is 0 Å². The highest BCUT2D eigenvalue weighted by molar-refractivity contribution is 5.63. The molecule has 0 unspecified atom stereocenters. The van der Waals surface area contributed by atoms with Crippen LogP contribution >= 0.6 is 0 Å². The summed E-state index contributed by atoms with van der Waals surface area (Å²) < 4.78 is 88.0. The molecule has 17 heteroatoms. The normalized spacial score (nSPS) is 19.0. The van der Waals surface area contributed by atoms with Crippen LogP contribution in [0.15, 0.2) is 48.5 Å². The molecule has 0 fully saturated rings. The third kappa shape index (κ3) is 18.3. The lowest BCUT2D eigenvalue weighted by molar-refractivity contribution is 0.00483. The van der Waals surface area contributed by atoms with E-state index in [1.54, 1.807) is 46.6 Å². The largest absolute Gasteiger partial charge is 0.496 e. The Balaban J connectivity index is 0.00000140. The van der Waals surface area contributed by atoms with Crippen LogP contribution in [0.25, 0.3) is 0 Å². The zero-order chi connectivity index (χ0) is 57.4. The average Bonchev–Trinajstić information content (AvgIpc) is 3.60. The minimum absolute atomic E-state index is 0.191. The average molecular weight is 1100 g/mol. The standard InChI is InChI=1S/C56H76O14.3C2H3N/c1-9-37-41-29-47-40(12-4)44-32-46-38(10-2)42-30-48(56(34-50(42)58-6)70-28-24-66-20-16-62-14-18-64-22-26-68-54(46)36-52(44)60-8)39(11-3)43-31-45(37)53(35-51(43)59-7)67-25-21-63-17-13-61-15-19-65-23-27-69-55(47)33-49(41)57-5;3*1-2-3/h29-40H,9-28H2,1-8H3;3*1H3/t37-,38-,39-,40-;;;/m0.../s1. The maximum absolute atomic E-state index is 7.32. The zero-order valence-corrected chi connectivity index (χ0v) is 48.6. The molecule has 0 saturated carbocycles. The van der Waals surface area contributed by atoms with Gasteiger partial charge in [-0.2, -0.15) is 15.8 Å². The molecule has 432 valence electrons. The molecule has 0 radical (unpaired) electrons. The maximum Gasteiger partial charge on any atom is 0.126 e. The van der Waals surface area contributed by atoms with E-state index in [-0.39, 0.29) is 23.7 Å². The van der Waals surface area contributed by atoms with Gasteiger partial charge in [-0.15, -0.1) is 0 Å². The summed E-state index contributed by atoms with van der Waals surface area (Å²) in [4.78, 5) is 0. The fourth-order valence-corrected chi connectivity index (χ4v) is 10.1. The molecule has 4 aliphatic rings. The summed E-state index contributed by atoms with van der Waals surface area (Å²) in [5, 5.41) is 22.0. The monoisotopic (exact) mass is 1100 g/mol. The predicted molar refractivity (Wildman–Crippen MR) is 301 cm³/mol. The van der Waals surface area contributed by atoms with Gasteiger partial charge in [0.15, 0.2) is 0 Å². The molecule has 79 heavy (non-hydrogen) atoms. The van der Waals surface area contributed by atoms with Crippen LogP contribution in [0.4, 0.5) is 0 Å². The summed E-state index contributed by atoms with van der Waals surface area (Å²) in [6, 6.07) is 22.5. The van der Waals surface area contributed by atoms with Gasteiger partial charge in [-0.05, 0) is 49.9 Å². The zero-order valence-electron chi connectivity index (χ0n) is 48.6. The van der Waals surface area contributed by atoms with Gasteiger partial charge in [0.05, 0.1) is 126 Å². The van der Waals surface area contributed by atoms with Gasteiger partial charge >= 0.3 is 0 Å². The van der Waals surface area contributed by atoms with Crippen molar-refractivity contribution < 1.29 is 66.3 Å². The van der Waals surface area contributed by atoms with E-state index in [0.717, 1.165) is 70.2 Å². The first-order valence-electron chi connectivity index (χ1n) is 27.4. The molecule has 0 amide bonds. The maximum atomic E-state index is 7.32. The van der Waals surface area contributed by atoms with Crippen LogP contribution in [0.2, 0.25) is 0 Å². The number of nitriles is 3. The molecule has 3 heterocycles. The van der Waals surface area contributed by atoms with Gasteiger partial charge in [-0.1, -0.05) is 27.7 Å². The molecule has 4 aromatic carbocycles. The molecule has 0 saturated heterocycles. The lowest BCUT2D eigenvalue weighted by Crippen LogP contribution is -2.18. The third-order valence-electron chi connectivity index (χ3n) is 13.5. The highest BCUT2D eigenvalue weighted by Crippen LogP contribution is 2.52. The summed E-state index contributed by atoms with van der Waals surface area (Å²) in [5.41, 5.74) is 8.00.